The molecule has 1 atom stereocenters. The number of rotatable bonds is 5. The van der Waals surface area contributed by atoms with Gasteiger partial charge in [0.15, 0.2) is 5.78 Å². The molecule has 0 saturated carbocycles. The number of ether oxygens (including phenoxy) is 1. The second-order valence-corrected chi connectivity index (χ2v) is 7.25. The minimum absolute atomic E-state index is 0.0927. The molecular weight excluding hydrogens is 350 g/mol. The second-order valence-electron chi connectivity index (χ2n) is 6.81. The van der Waals surface area contributed by atoms with Gasteiger partial charge in [0.1, 0.15) is 0 Å². The molecular formula is C21H24ClNO3. The van der Waals surface area contributed by atoms with E-state index in [1.165, 1.54) is 0 Å². The highest BCUT2D eigenvalue weighted by Crippen LogP contribution is 2.42. The smallest absolute Gasteiger partial charge is 0.336 e. The Hall–Kier alpha value is -2.07. The second kappa shape index (κ2) is 8.09. The van der Waals surface area contributed by atoms with Crippen LogP contribution in [0.1, 0.15) is 57.4 Å². The molecule has 0 radical (unpaired) electrons. The molecule has 138 valence electrons. The van der Waals surface area contributed by atoms with Crippen LogP contribution in [0, 0.1) is 0 Å². The molecule has 1 N–H and O–H groups in total. The first-order valence-corrected chi connectivity index (χ1v) is 9.57. The molecule has 1 aliphatic carbocycles. The van der Waals surface area contributed by atoms with Gasteiger partial charge in [0.25, 0.3) is 0 Å². The SMILES string of the molecule is CCCCOC(=O)C1=C(C)NC2=C(C(=O)CCC2)C1c1cccc(Cl)c1. The number of dihydropyridines is 1. The van der Waals surface area contributed by atoms with Crippen molar-refractivity contribution < 1.29 is 14.3 Å². The van der Waals surface area contributed by atoms with Crippen LogP contribution in [-0.4, -0.2) is 18.4 Å². The third-order valence-corrected chi connectivity index (χ3v) is 5.14. The molecule has 5 heteroatoms. The zero-order valence-electron chi connectivity index (χ0n) is 15.2. The average Bonchev–Trinajstić information content (AvgIpc) is 2.61. The van der Waals surface area contributed by atoms with E-state index >= 15 is 0 Å². The standard InChI is InChI=1S/C21H24ClNO3/c1-3-4-11-26-21(25)18-13(2)23-16-9-6-10-17(24)20(16)19(18)14-7-5-8-15(22)12-14/h5,7-8,12,19,23H,3-4,6,9-11H2,1-2H3. The molecule has 1 heterocycles. The number of Topliss-reactive ketones (excluding diaryl/α,β-unsaturated/α-hetero) is 1. The molecule has 1 unspecified atom stereocenters. The largest absolute Gasteiger partial charge is 0.462 e. The van der Waals surface area contributed by atoms with E-state index < -0.39 is 5.92 Å². The number of allylic oxidation sites excluding steroid dienone is 3. The maximum atomic E-state index is 12.8. The van der Waals surface area contributed by atoms with Crippen LogP contribution < -0.4 is 5.32 Å². The molecule has 4 nitrogen and oxygen atoms in total. The Morgan fingerprint density at radius 3 is 2.88 bits per heavy atom. The highest BCUT2D eigenvalue weighted by molar-refractivity contribution is 6.30. The van der Waals surface area contributed by atoms with Crippen molar-refractivity contribution in [2.45, 2.75) is 51.9 Å². The molecule has 0 amide bonds. The van der Waals surface area contributed by atoms with Crippen LogP contribution in [0.25, 0.3) is 0 Å². The molecule has 1 aromatic carbocycles. The van der Waals surface area contributed by atoms with Gasteiger partial charge < -0.3 is 10.1 Å². The summed E-state index contributed by atoms with van der Waals surface area (Å²) in [5.41, 5.74) is 3.73. The van der Waals surface area contributed by atoms with Crippen LogP contribution in [0.5, 0.6) is 0 Å². The molecule has 2 aliphatic rings. The molecule has 0 fully saturated rings. The van der Waals surface area contributed by atoms with Gasteiger partial charge in [-0.05, 0) is 43.9 Å². The Morgan fingerprint density at radius 2 is 2.15 bits per heavy atom. The number of carbonyl (C=O) groups is 2. The highest BCUT2D eigenvalue weighted by atomic mass is 35.5. The van der Waals surface area contributed by atoms with Gasteiger partial charge in [0, 0.05) is 34.3 Å². The van der Waals surface area contributed by atoms with Crippen molar-refractivity contribution in [3.8, 4) is 0 Å². The van der Waals surface area contributed by atoms with Gasteiger partial charge in [-0.2, -0.15) is 0 Å². The topological polar surface area (TPSA) is 55.4 Å². The van der Waals surface area contributed by atoms with Gasteiger partial charge in [-0.25, -0.2) is 4.79 Å². The molecule has 0 saturated heterocycles. The number of benzene rings is 1. The van der Waals surface area contributed by atoms with E-state index in [4.69, 9.17) is 16.3 Å². The Labute approximate surface area is 159 Å². The van der Waals surface area contributed by atoms with Gasteiger partial charge in [0.05, 0.1) is 12.2 Å². The zero-order valence-corrected chi connectivity index (χ0v) is 16.0. The van der Waals surface area contributed by atoms with Crippen LogP contribution in [-0.2, 0) is 14.3 Å². The molecule has 0 spiro atoms. The number of esters is 1. The summed E-state index contributed by atoms with van der Waals surface area (Å²) in [4.78, 5) is 25.6. The van der Waals surface area contributed by atoms with Crippen molar-refractivity contribution in [1.29, 1.82) is 0 Å². The average molecular weight is 374 g/mol. The fourth-order valence-corrected chi connectivity index (χ4v) is 3.86. The van der Waals surface area contributed by atoms with Crippen LogP contribution in [0.4, 0.5) is 0 Å². The number of nitrogens with one attached hydrogen (secondary N) is 1. The van der Waals surface area contributed by atoms with Gasteiger partial charge in [-0.1, -0.05) is 37.1 Å². The van der Waals surface area contributed by atoms with E-state index in [9.17, 15) is 9.59 Å². The van der Waals surface area contributed by atoms with Crippen molar-refractivity contribution in [3.05, 3.63) is 57.4 Å². The Kier molecular flexibility index (Phi) is 5.82. The summed E-state index contributed by atoms with van der Waals surface area (Å²) in [6, 6.07) is 7.39. The van der Waals surface area contributed by atoms with Gasteiger partial charge in [-0.3, -0.25) is 4.79 Å². The monoisotopic (exact) mass is 373 g/mol. The first-order chi connectivity index (χ1) is 12.5. The summed E-state index contributed by atoms with van der Waals surface area (Å²) in [5.74, 6) is -0.694. The van der Waals surface area contributed by atoms with Crippen LogP contribution in [0.15, 0.2) is 46.8 Å². The number of unbranched alkanes of at least 4 members (excludes halogenated alkanes) is 1. The Balaban J connectivity index is 2.06. The van der Waals surface area contributed by atoms with E-state index in [0.717, 1.165) is 42.6 Å². The molecule has 26 heavy (non-hydrogen) atoms. The van der Waals surface area contributed by atoms with E-state index in [-0.39, 0.29) is 11.8 Å². The lowest BCUT2D eigenvalue weighted by Crippen LogP contribution is -2.34. The van der Waals surface area contributed by atoms with E-state index in [0.29, 0.717) is 29.2 Å². The predicted octanol–water partition coefficient (Wildman–Crippen LogP) is 4.65. The first-order valence-electron chi connectivity index (χ1n) is 9.19. The normalized spacial score (nSPS) is 20.0. The van der Waals surface area contributed by atoms with E-state index in [2.05, 4.69) is 5.32 Å². The summed E-state index contributed by atoms with van der Waals surface area (Å²) < 4.78 is 5.49. The van der Waals surface area contributed by atoms with Crippen LogP contribution >= 0.6 is 11.6 Å². The summed E-state index contributed by atoms with van der Waals surface area (Å²) in [6.07, 6.45) is 3.92. The Morgan fingerprint density at radius 1 is 1.35 bits per heavy atom. The van der Waals surface area contributed by atoms with Gasteiger partial charge >= 0.3 is 5.97 Å². The molecule has 1 aliphatic heterocycles. The highest BCUT2D eigenvalue weighted by Gasteiger charge is 2.39. The molecule has 1 aromatic rings. The minimum atomic E-state index is -0.424. The van der Waals surface area contributed by atoms with E-state index in [1.807, 2.05) is 32.0 Å². The third kappa shape index (κ3) is 3.70. The molecule has 0 aromatic heterocycles. The van der Waals surface area contributed by atoms with Gasteiger partial charge in [-0.15, -0.1) is 0 Å². The lowest BCUT2D eigenvalue weighted by atomic mass is 9.75. The minimum Gasteiger partial charge on any atom is -0.462 e. The molecule has 0 bridgehead atoms. The van der Waals surface area contributed by atoms with Crippen molar-refractivity contribution in [2.24, 2.45) is 0 Å². The Bertz CT molecular complexity index is 794. The lowest BCUT2D eigenvalue weighted by molar-refractivity contribution is -0.139. The van der Waals surface area contributed by atoms with Crippen molar-refractivity contribution >= 4 is 23.4 Å². The maximum absolute atomic E-state index is 12.8. The number of ketones is 1. The van der Waals surface area contributed by atoms with Crippen molar-refractivity contribution in [2.75, 3.05) is 6.61 Å². The number of halogens is 1. The summed E-state index contributed by atoms with van der Waals surface area (Å²) in [7, 11) is 0. The summed E-state index contributed by atoms with van der Waals surface area (Å²) in [6.45, 7) is 4.30. The van der Waals surface area contributed by atoms with E-state index in [1.54, 1.807) is 6.07 Å². The first kappa shape index (κ1) is 18.7. The van der Waals surface area contributed by atoms with Crippen molar-refractivity contribution in [1.82, 2.24) is 5.32 Å². The fraction of sp³-hybridized carbons (Fsp3) is 0.429. The lowest BCUT2D eigenvalue weighted by Gasteiger charge is -2.34. The summed E-state index contributed by atoms with van der Waals surface area (Å²) >= 11 is 6.19. The predicted molar refractivity (Wildman–Crippen MR) is 102 cm³/mol. The maximum Gasteiger partial charge on any atom is 0.336 e. The van der Waals surface area contributed by atoms with Crippen LogP contribution in [0.2, 0.25) is 5.02 Å². The quantitative estimate of drug-likeness (QED) is 0.602. The summed E-state index contributed by atoms with van der Waals surface area (Å²) in [5, 5.41) is 3.87. The third-order valence-electron chi connectivity index (χ3n) is 4.91. The zero-order chi connectivity index (χ0) is 18.7. The number of hydrogen-bond acceptors (Lipinski definition) is 4. The van der Waals surface area contributed by atoms with Crippen molar-refractivity contribution in [3.63, 3.8) is 0 Å². The fourth-order valence-electron chi connectivity index (χ4n) is 3.66. The van der Waals surface area contributed by atoms with Crippen LogP contribution in [0.3, 0.4) is 0 Å². The molecule has 3 rings (SSSR count). The van der Waals surface area contributed by atoms with Gasteiger partial charge in [0.2, 0.25) is 0 Å². The number of carbonyl (C=O) groups excluding carboxylic acids is 2. The number of hydrogen-bond donors (Lipinski definition) is 1.